The first-order valence-corrected chi connectivity index (χ1v) is 18.8. The third-order valence-corrected chi connectivity index (χ3v) is 11.5. The minimum absolute atomic E-state index is 0.115. The van der Waals surface area contributed by atoms with E-state index in [-0.39, 0.29) is 30.7 Å². The van der Waals surface area contributed by atoms with Crippen molar-refractivity contribution < 1.29 is 33.5 Å². The van der Waals surface area contributed by atoms with Gasteiger partial charge >= 0.3 is 12.0 Å². The summed E-state index contributed by atoms with van der Waals surface area (Å²) in [5.74, 6) is -4.65. The largest absolute Gasteiger partial charge is 0.453 e. The molecule has 1 aromatic carbocycles. The van der Waals surface area contributed by atoms with Crippen LogP contribution >= 0.6 is 23.2 Å². The van der Waals surface area contributed by atoms with E-state index >= 15 is 0 Å². The van der Waals surface area contributed by atoms with E-state index in [1.165, 1.54) is 4.90 Å². The van der Waals surface area contributed by atoms with Crippen molar-refractivity contribution in [3.05, 3.63) is 35.9 Å². The topological polar surface area (TPSA) is 163 Å². The average Bonchev–Trinajstić information content (AvgIpc) is 3.92. The van der Waals surface area contributed by atoms with Gasteiger partial charge in [0, 0.05) is 23.9 Å². The van der Waals surface area contributed by atoms with E-state index in [2.05, 4.69) is 21.3 Å². The number of likely N-dealkylation sites (tertiary alicyclic amines) is 1. The van der Waals surface area contributed by atoms with Crippen molar-refractivity contribution in [1.82, 2.24) is 26.2 Å². The lowest BCUT2D eigenvalue weighted by Crippen LogP contribution is -2.61. The first-order chi connectivity index (χ1) is 23.9. The van der Waals surface area contributed by atoms with Crippen molar-refractivity contribution in [3.63, 3.8) is 0 Å². The highest BCUT2D eigenvalue weighted by molar-refractivity contribution is 6.51. The first-order valence-electron chi connectivity index (χ1n) is 18.1. The number of piperidine rings is 1. The van der Waals surface area contributed by atoms with Crippen molar-refractivity contribution in [2.45, 2.75) is 120 Å². The molecule has 0 bridgehead atoms. The summed E-state index contributed by atoms with van der Waals surface area (Å²) in [6, 6.07) is 5.47. The van der Waals surface area contributed by atoms with Crippen LogP contribution < -0.4 is 21.3 Å². The van der Waals surface area contributed by atoms with Crippen LogP contribution in [-0.4, -0.2) is 81.5 Å². The van der Waals surface area contributed by atoms with Crippen LogP contribution in [-0.2, 0) is 34.3 Å². The number of carbonyl (C=O) groups excluding carboxylic acids is 6. The molecule has 1 unspecified atom stereocenters. The number of nitrogens with zero attached hydrogens (tertiary/aromatic N) is 1. The molecule has 1 aliphatic heterocycles. The molecular formula is C37H51Cl2N5O7. The lowest BCUT2D eigenvalue weighted by Gasteiger charge is -2.37. The summed E-state index contributed by atoms with van der Waals surface area (Å²) in [7, 11) is 0. The summed E-state index contributed by atoms with van der Waals surface area (Å²) < 4.78 is 4.34. The number of ketones is 1. The van der Waals surface area contributed by atoms with Crippen LogP contribution in [0.5, 0.6) is 0 Å². The molecule has 280 valence electrons. The highest BCUT2D eigenvalue weighted by atomic mass is 35.5. The predicted octanol–water partition coefficient (Wildman–Crippen LogP) is 4.11. The quantitative estimate of drug-likeness (QED) is 0.134. The number of urea groups is 1. The van der Waals surface area contributed by atoms with Gasteiger partial charge in [-0.3, -0.25) is 24.0 Å². The Bertz CT molecular complexity index is 1500. The van der Waals surface area contributed by atoms with Crippen molar-refractivity contribution in [2.24, 2.45) is 23.7 Å². The summed E-state index contributed by atoms with van der Waals surface area (Å²) in [5, 5.41) is 10.9. The van der Waals surface area contributed by atoms with Crippen molar-refractivity contribution >= 4 is 58.7 Å². The van der Waals surface area contributed by atoms with Gasteiger partial charge in [0.15, 0.2) is 0 Å². The van der Waals surface area contributed by atoms with Crippen LogP contribution in [0.15, 0.2) is 30.3 Å². The number of Topliss-reactive ketones (excluding diaryl/α,β-unsaturated/α-hetero) is 1. The van der Waals surface area contributed by atoms with Crippen molar-refractivity contribution in [2.75, 3.05) is 13.1 Å². The Morgan fingerprint density at radius 2 is 1.57 bits per heavy atom. The van der Waals surface area contributed by atoms with E-state index < -0.39 is 81.6 Å². The molecule has 1 aromatic rings. The third kappa shape index (κ3) is 9.54. The minimum Gasteiger partial charge on any atom is -0.453 e. The molecular weight excluding hydrogens is 697 g/mol. The SMILES string of the molecule is CC(C)(C)NC(=O)N[C@H](C(=O)N1C[C@H]2[C@@H]([C@H]1C(=O)NC(CC1CC1)C(=O)C(=O)NCC(=O)OC(C)(C)c1ccccc1)C2(Cl)Cl)C1CCCCC1. The summed E-state index contributed by atoms with van der Waals surface area (Å²) in [6.45, 7) is 8.55. The highest BCUT2D eigenvalue weighted by Crippen LogP contribution is 2.65. The first kappa shape index (κ1) is 38.8. The van der Waals surface area contributed by atoms with Crippen molar-refractivity contribution in [3.8, 4) is 0 Å². The molecule has 4 aliphatic rings. The lowest BCUT2D eigenvalue weighted by molar-refractivity contribution is -0.157. The number of alkyl halides is 2. The Morgan fingerprint density at radius 1 is 0.922 bits per heavy atom. The zero-order chi connectivity index (χ0) is 37.3. The predicted molar refractivity (Wildman–Crippen MR) is 192 cm³/mol. The van der Waals surface area contributed by atoms with E-state index in [1.54, 1.807) is 13.8 Å². The standard InChI is InChI=1S/C37H51Cl2N5O7/c1-35(2,3)43-34(50)42-28(22-12-8-6-9-13-22)33(49)44-20-24-27(37(24,38)39)29(44)31(47)41-25(18-21-16-17-21)30(46)32(48)40-19-26(45)51-36(4,5)23-14-10-7-11-15-23/h7,10-11,14-15,21-22,24-25,27-29H,6,8-9,12-13,16-20H2,1-5H3,(H,40,48)(H,41,47)(H2,42,43,50)/t24-,25?,27-,28-,29-/m0/s1. The Hall–Kier alpha value is -3.38. The third-order valence-electron chi connectivity index (χ3n) is 10.4. The van der Waals surface area contributed by atoms with Gasteiger partial charge in [0.2, 0.25) is 17.6 Å². The number of rotatable bonds is 13. The Morgan fingerprint density at radius 3 is 2.18 bits per heavy atom. The lowest BCUT2D eigenvalue weighted by atomic mass is 9.83. The smallest absolute Gasteiger partial charge is 0.326 e. The highest BCUT2D eigenvalue weighted by Gasteiger charge is 2.74. The Balaban J connectivity index is 1.27. The second kappa shape index (κ2) is 15.3. The van der Waals surface area contributed by atoms with Gasteiger partial charge in [-0.1, -0.05) is 62.4 Å². The number of esters is 1. The number of ether oxygens (including phenoxy) is 1. The normalized spacial score (nSPS) is 24.0. The zero-order valence-corrected chi connectivity index (χ0v) is 31.6. The number of hydrogen-bond donors (Lipinski definition) is 4. The molecule has 4 fully saturated rings. The van der Waals surface area contributed by atoms with Gasteiger partial charge in [-0.15, -0.1) is 23.2 Å². The number of halogens is 2. The van der Waals surface area contributed by atoms with E-state index in [0.717, 1.165) is 50.5 Å². The molecule has 1 heterocycles. The second-order valence-electron chi connectivity index (χ2n) is 16.1. The molecule has 51 heavy (non-hydrogen) atoms. The summed E-state index contributed by atoms with van der Waals surface area (Å²) in [5.41, 5.74) is -0.743. The van der Waals surface area contributed by atoms with E-state index in [4.69, 9.17) is 27.9 Å². The zero-order valence-electron chi connectivity index (χ0n) is 30.1. The number of benzene rings is 1. The second-order valence-corrected chi connectivity index (χ2v) is 17.5. The number of nitrogens with one attached hydrogen (secondary N) is 4. The average molecular weight is 749 g/mol. The Labute approximate surface area is 309 Å². The van der Waals surface area contributed by atoms with Crippen LogP contribution in [0.2, 0.25) is 0 Å². The van der Waals surface area contributed by atoms with Gasteiger partial charge in [0.05, 0.1) is 6.04 Å². The van der Waals surface area contributed by atoms with Gasteiger partial charge in [-0.25, -0.2) is 4.79 Å². The molecule has 0 radical (unpaired) electrons. The number of fused-ring (bicyclic) bond motifs is 1. The molecule has 5 rings (SSSR count). The molecule has 0 aromatic heterocycles. The molecule has 1 saturated heterocycles. The van der Waals surface area contributed by atoms with Crippen molar-refractivity contribution in [1.29, 1.82) is 0 Å². The fourth-order valence-corrected chi connectivity index (χ4v) is 8.30. The maximum atomic E-state index is 14.3. The maximum Gasteiger partial charge on any atom is 0.326 e. The Kier molecular flexibility index (Phi) is 11.7. The number of carbonyl (C=O) groups is 6. The molecule has 5 amide bonds. The van der Waals surface area contributed by atoms with Gasteiger partial charge < -0.3 is 30.9 Å². The molecule has 0 spiro atoms. The van der Waals surface area contributed by atoms with E-state index in [9.17, 15) is 28.8 Å². The van der Waals surface area contributed by atoms with Gasteiger partial charge in [-0.2, -0.15) is 0 Å². The number of amides is 5. The molecule has 12 nitrogen and oxygen atoms in total. The van der Waals surface area contributed by atoms with E-state index in [1.807, 2.05) is 51.1 Å². The van der Waals surface area contributed by atoms with Crippen LogP contribution in [0, 0.1) is 23.7 Å². The fourth-order valence-electron chi connectivity index (χ4n) is 7.47. The van der Waals surface area contributed by atoms with Gasteiger partial charge in [0.25, 0.3) is 5.91 Å². The van der Waals surface area contributed by atoms with Crippen LogP contribution in [0.4, 0.5) is 4.79 Å². The maximum absolute atomic E-state index is 14.3. The van der Waals surface area contributed by atoms with Crippen LogP contribution in [0.3, 0.4) is 0 Å². The molecule has 4 N–H and O–H groups in total. The molecule has 5 atom stereocenters. The monoisotopic (exact) mass is 747 g/mol. The summed E-state index contributed by atoms with van der Waals surface area (Å²) in [4.78, 5) is 82.1. The molecule has 3 aliphatic carbocycles. The van der Waals surface area contributed by atoms with Gasteiger partial charge in [-0.05, 0) is 71.3 Å². The van der Waals surface area contributed by atoms with Crippen LogP contribution in [0.1, 0.15) is 91.5 Å². The van der Waals surface area contributed by atoms with Crippen LogP contribution in [0.25, 0.3) is 0 Å². The summed E-state index contributed by atoms with van der Waals surface area (Å²) >= 11 is 13.2. The fraction of sp³-hybridized carbons (Fsp3) is 0.676. The van der Waals surface area contributed by atoms with E-state index in [0.29, 0.717) is 0 Å². The van der Waals surface area contributed by atoms with Gasteiger partial charge in [0.1, 0.15) is 28.6 Å². The summed E-state index contributed by atoms with van der Waals surface area (Å²) in [6.07, 6.45) is 6.32. The number of hydrogen-bond acceptors (Lipinski definition) is 7. The molecule has 14 heteroatoms. The minimum atomic E-state index is -1.24. The molecule has 3 saturated carbocycles.